The van der Waals surface area contributed by atoms with Crippen LogP contribution in [0.3, 0.4) is 0 Å². The molecular weight excluding hydrogens is 250 g/mol. The summed E-state index contributed by atoms with van der Waals surface area (Å²) in [5.41, 5.74) is 3.70. The van der Waals surface area contributed by atoms with Gasteiger partial charge in [-0.25, -0.2) is 4.98 Å². The molecule has 3 rings (SSSR count). The van der Waals surface area contributed by atoms with Gasteiger partial charge in [-0.15, -0.1) is 0 Å². The molecule has 2 aromatic rings. The normalized spacial score (nSPS) is 15.9. The first-order valence-corrected chi connectivity index (χ1v) is 7.16. The van der Waals surface area contributed by atoms with E-state index in [0.29, 0.717) is 12.6 Å². The largest absolute Gasteiger partial charge is 0.383 e. The van der Waals surface area contributed by atoms with Crippen molar-refractivity contribution in [3.63, 3.8) is 0 Å². The first-order chi connectivity index (χ1) is 9.81. The molecule has 1 N–H and O–H groups in total. The standard InChI is InChI=1S/C16H21N3O/c1-12(11-20-2)19-15-8-9-17-10-14(15)18-16(19)13-6-4-3-5-7-13/h3-7,12,17H,8-11H2,1-2H3. The van der Waals surface area contributed by atoms with Gasteiger partial charge in [-0.3, -0.25) is 0 Å². The highest BCUT2D eigenvalue weighted by atomic mass is 16.5. The van der Waals surface area contributed by atoms with Gasteiger partial charge in [0, 0.05) is 37.9 Å². The van der Waals surface area contributed by atoms with Crippen LogP contribution in [0.5, 0.6) is 0 Å². The van der Waals surface area contributed by atoms with Gasteiger partial charge in [0.05, 0.1) is 18.3 Å². The summed E-state index contributed by atoms with van der Waals surface area (Å²) in [7, 11) is 1.75. The number of hydrogen-bond acceptors (Lipinski definition) is 3. The van der Waals surface area contributed by atoms with Crippen molar-refractivity contribution < 1.29 is 4.74 Å². The number of rotatable bonds is 4. The number of nitrogens with zero attached hydrogens (tertiary/aromatic N) is 2. The Morgan fingerprint density at radius 1 is 1.35 bits per heavy atom. The molecule has 0 amide bonds. The third-order valence-corrected chi connectivity index (χ3v) is 3.80. The summed E-state index contributed by atoms with van der Waals surface area (Å²) >= 11 is 0. The Morgan fingerprint density at radius 2 is 2.15 bits per heavy atom. The summed E-state index contributed by atoms with van der Waals surface area (Å²) in [6.07, 6.45) is 1.03. The molecule has 20 heavy (non-hydrogen) atoms. The summed E-state index contributed by atoms with van der Waals surface area (Å²) in [6, 6.07) is 10.7. The van der Waals surface area contributed by atoms with Crippen LogP contribution < -0.4 is 5.32 Å². The van der Waals surface area contributed by atoms with E-state index in [1.807, 2.05) is 6.07 Å². The third-order valence-electron chi connectivity index (χ3n) is 3.80. The maximum atomic E-state index is 5.35. The lowest BCUT2D eigenvalue weighted by Gasteiger charge is -2.21. The molecule has 1 unspecified atom stereocenters. The van der Waals surface area contributed by atoms with Gasteiger partial charge in [0.2, 0.25) is 0 Å². The van der Waals surface area contributed by atoms with Crippen molar-refractivity contribution in [3.05, 3.63) is 41.7 Å². The van der Waals surface area contributed by atoms with Crippen molar-refractivity contribution in [2.45, 2.75) is 25.9 Å². The molecule has 1 aromatic carbocycles. The zero-order valence-corrected chi connectivity index (χ0v) is 12.1. The van der Waals surface area contributed by atoms with Crippen molar-refractivity contribution in [1.29, 1.82) is 0 Å². The number of aromatic nitrogens is 2. The number of nitrogens with one attached hydrogen (secondary N) is 1. The van der Waals surface area contributed by atoms with Crippen LogP contribution in [0.1, 0.15) is 24.4 Å². The second-order valence-electron chi connectivity index (χ2n) is 5.30. The van der Waals surface area contributed by atoms with Crippen LogP contribution in [0.15, 0.2) is 30.3 Å². The molecule has 1 atom stereocenters. The van der Waals surface area contributed by atoms with E-state index in [4.69, 9.17) is 9.72 Å². The first-order valence-electron chi connectivity index (χ1n) is 7.16. The average Bonchev–Trinajstić information content (AvgIpc) is 2.88. The highest BCUT2D eigenvalue weighted by molar-refractivity contribution is 5.57. The van der Waals surface area contributed by atoms with Crippen LogP contribution in [0.25, 0.3) is 11.4 Å². The van der Waals surface area contributed by atoms with E-state index in [9.17, 15) is 0 Å². The van der Waals surface area contributed by atoms with E-state index in [0.717, 1.165) is 25.3 Å². The summed E-state index contributed by atoms with van der Waals surface area (Å²) in [5, 5.41) is 3.40. The van der Waals surface area contributed by atoms with Crippen molar-refractivity contribution >= 4 is 0 Å². The van der Waals surface area contributed by atoms with Gasteiger partial charge in [-0.05, 0) is 6.92 Å². The van der Waals surface area contributed by atoms with E-state index in [-0.39, 0.29) is 0 Å². The fourth-order valence-electron chi connectivity index (χ4n) is 2.91. The Hall–Kier alpha value is -1.65. The Kier molecular flexibility index (Phi) is 3.85. The summed E-state index contributed by atoms with van der Waals surface area (Å²) < 4.78 is 7.70. The van der Waals surface area contributed by atoms with Crippen LogP contribution in [0, 0.1) is 0 Å². The topological polar surface area (TPSA) is 39.1 Å². The lowest BCUT2D eigenvalue weighted by Crippen LogP contribution is -2.26. The van der Waals surface area contributed by atoms with E-state index < -0.39 is 0 Å². The zero-order chi connectivity index (χ0) is 13.9. The van der Waals surface area contributed by atoms with Crippen molar-refractivity contribution in [3.8, 4) is 11.4 Å². The quantitative estimate of drug-likeness (QED) is 0.928. The molecule has 0 saturated heterocycles. The molecule has 2 heterocycles. The lowest BCUT2D eigenvalue weighted by atomic mass is 10.1. The van der Waals surface area contributed by atoms with Crippen LogP contribution in [-0.2, 0) is 17.7 Å². The number of benzene rings is 1. The molecule has 1 aliphatic heterocycles. The van der Waals surface area contributed by atoms with Gasteiger partial charge in [-0.1, -0.05) is 30.3 Å². The fraction of sp³-hybridized carbons (Fsp3) is 0.438. The van der Waals surface area contributed by atoms with Crippen LogP contribution >= 0.6 is 0 Å². The summed E-state index contributed by atoms with van der Waals surface area (Å²) in [5.74, 6) is 1.06. The van der Waals surface area contributed by atoms with Crippen LogP contribution in [-0.4, -0.2) is 29.8 Å². The number of imidazole rings is 1. The molecule has 0 saturated carbocycles. The minimum atomic E-state index is 0.296. The minimum Gasteiger partial charge on any atom is -0.383 e. The molecule has 0 spiro atoms. The maximum Gasteiger partial charge on any atom is 0.140 e. The Morgan fingerprint density at radius 3 is 2.90 bits per heavy atom. The van der Waals surface area contributed by atoms with Gasteiger partial charge in [0.1, 0.15) is 5.82 Å². The van der Waals surface area contributed by atoms with E-state index in [1.54, 1.807) is 7.11 Å². The molecule has 4 heteroatoms. The predicted octanol–water partition coefficient (Wildman–Crippen LogP) is 2.40. The third kappa shape index (κ3) is 2.37. The Labute approximate surface area is 119 Å². The molecule has 4 nitrogen and oxygen atoms in total. The number of methoxy groups -OCH3 is 1. The smallest absolute Gasteiger partial charge is 0.140 e. The summed E-state index contributed by atoms with van der Waals surface area (Å²) in [6.45, 7) is 4.78. The van der Waals surface area contributed by atoms with Gasteiger partial charge in [-0.2, -0.15) is 0 Å². The minimum absolute atomic E-state index is 0.296. The van der Waals surface area contributed by atoms with Gasteiger partial charge in [0.25, 0.3) is 0 Å². The molecule has 0 fully saturated rings. The second-order valence-corrected chi connectivity index (χ2v) is 5.30. The zero-order valence-electron chi connectivity index (χ0n) is 12.1. The SMILES string of the molecule is COCC(C)n1c(-c2ccccc2)nc2c1CCNC2. The molecule has 106 valence electrons. The lowest BCUT2D eigenvalue weighted by molar-refractivity contribution is 0.161. The molecule has 1 aliphatic rings. The van der Waals surface area contributed by atoms with E-state index in [2.05, 4.69) is 41.1 Å². The van der Waals surface area contributed by atoms with Crippen molar-refractivity contribution in [2.75, 3.05) is 20.3 Å². The number of hydrogen-bond donors (Lipinski definition) is 1. The highest BCUT2D eigenvalue weighted by Crippen LogP contribution is 2.28. The Balaban J connectivity index is 2.11. The van der Waals surface area contributed by atoms with E-state index >= 15 is 0 Å². The van der Waals surface area contributed by atoms with Crippen molar-refractivity contribution in [1.82, 2.24) is 14.9 Å². The summed E-state index contributed by atoms with van der Waals surface area (Å²) in [4.78, 5) is 4.87. The first kappa shape index (κ1) is 13.3. The molecule has 1 aromatic heterocycles. The van der Waals surface area contributed by atoms with Gasteiger partial charge < -0.3 is 14.6 Å². The van der Waals surface area contributed by atoms with Crippen molar-refractivity contribution in [2.24, 2.45) is 0 Å². The highest BCUT2D eigenvalue weighted by Gasteiger charge is 2.23. The monoisotopic (exact) mass is 271 g/mol. The van der Waals surface area contributed by atoms with Crippen LogP contribution in [0.4, 0.5) is 0 Å². The number of fused-ring (bicyclic) bond motifs is 1. The van der Waals surface area contributed by atoms with Gasteiger partial charge in [0.15, 0.2) is 0 Å². The second kappa shape index (κ2) is 5.77. The molecule has 0 radical (unpaired) electrons. The van der Waals surface area contributed by atoms with E-state index in [1.165, 1.54) is 17.0 Å². The molecule has 0 bridgehead atoms. The molecule has 0 aliphatic carbocycles. The molecular formula is C16H21N3O. The number of ether oxygens (including phenoxy) is 1. The fourth-order valence-corrected chi connectivity index (χ4v) is 2.91. The van der Waals surface area contributed by atoms with Gasteiger partial charge >= 0.3 is 0 Å². The maximum absolute atomic E-state index is 5.35. The average molecular weight is 271 g/mol. The Bertz CT molecular complexity index is 577. The predicted molar refractivity (Wildman–Crippen MR) is 79.7 cm³/mol. The van der Waals surface area contributed by atoms with Crippen LogP contribution in [0.2, 0.25) is 0 Å².